The molecular formula is C36H38N4O4S. The van der Waals surface area contributed by atoms with E-state index in [2.05, 4.69) is 50.7 Å². The van der Waals surface area contributed by atoms with Gasteiger partial charge in [0.25, 0.3) is 0 Å². The van der Waals surface area contributed by atoms with E-state index < -0.39 is 16.1 Å². The molecule has 0 fully saturated rings. The first kappa shape index (κ1) is 31.5. The van der Waals surface area contributed by atoms with Crippen LogP contribution in [0.2, 0.25) is 0 Å². The largest absolute Gasteiger partial charge is 0.492 e. The number of benzene rings is 4. The SMILES string of the molecule is COc1c(NC(=O)Nc2ccc(CCc3ccnc(-c4ccccc4)c3)c3ccccc23)cc(C(C)(C)C)cc1NS(C)(=O)=O. The Hall–Kier alpha value is -4.89. The van der Waals surface area contributed by atoms with Crippen molar-refractivity contribution < 1.29 is 17.9 Å². The molecule has 1 heterocycles. The molecule has 0 aliphatic carbocycles. The smallest absolute Gasteiger partial charge is 0.323 e. The summed E-state index contributed by atoms with van der Waals surface area (Å²) in [5.41, 5.74) is 6.17. The molecule has 4 aromatic carbocycles. The first-order valence-corrected chi connectivity index (χ1v) is 16.6. The lowest BCUT2D eigenvalue weighted by Gasteiger charge is -2.24. The third kappa shape index (κ3) is 7.80. The van der Waals surface area contributed by atoms with Gasteiger partial charge in [-0.1, -0.05) is 81.4 Å². The lowest BCUT2D eigenvalue weighted by molar-refractivity contribution is 0.262. The summed E-state index contributed by atoms with van der Waals surface area (Å²) in [4.78, 5) is 17.9. The maximum atomic E-state index is 13.4. The number of hydrogen-bond acceptors (Lipinski definition) is 5. The van der Waals surface area contributed by atoms with Gasteiger partial charge in [0.15, 0.2) is 5.75 Å². The predicted molar refractivity (Wildman–Crippen MR) is 184 cm³/mol. The highest BCUT2D eigenvalue weighted by Crippen LogP contribution is 2.39. The summed E-state index contributed by atoms with van der Waals surface area (Å²) in [6.45, 7) is 6.02. The zero-order valence-corrected chi connectivity index (χ0v) is 27.0. The molecule has 2 amide bonds. The number of nitrogens with zero attached hydrogens (tertiary/aromatic N) is 1. The van der Waals surface area contributed by atoms with Crippen LogP contribution < -0.4 is 20.1 Å². The van der Waals surface area contributed by atoms with Crippen molar-refractivity contribution in [3.8, 4) is 17.0 Å². The number of aryl methyl sites for hydroxylation is 2. The normalized spacial score (nSPS) is 11.7. The van der Waals surface area contributed by atoms with Gasteiger partial charge >= 0.3 is 6.03 Å². The molecule has 0 atom stereocenters. The number of aromatic nitrogens is 1. The molecule has 0 saturated heterocycles. The Kier molecular flexibility index (Phi) is 9.11. The summed E-state index contributed by atoms with van der Waals surface area (Å²) >= 11 is 0. The summed E-state index contributed by atoms with van der Waals surface area (Å²) < 4.78 is 32.2. The average Bonchev–Trinajstić information content (AvgIpc) is 3.00. The number of fused-ring (bicyclic) bond motifs is 1. The van der Waals surface area contributed by atoms with Crippen LogP contribution >= 0.6 is 0 Å². The molecule has 5 aromatic rings. The molecular weight excluding hydrogens is 584 g/mol. The number of anilines is 3. The fraction of sp³-hybridized carbons (Fsp3) is 0.222. The first-order chi connectivity index (χ1) is 21.4. The number of amides is 2. The maximum Gasteiger partial charge on any atom is 0.323 e. The van der Waals surface area contributed by atoms with E-state index in [0.29, 0.717) is 11.4 Å². The minimum Gasteiger partial charge on any atom is -0.492 e. The molecule has 0 aliphatic heterocycles. The molecule has 0 saturated carbocycles. The van der Waals surface area contributed by atoms with Crippen LogP contribution in [-0.4, -0.2) is 32.8 Å². The van der Waals surface area contributed by atoms with Gasteiger partial charge in [0.2, 0.25) is 10.0 Å². The Morgan fingerprint density at radius 1 is 0.800 bits per heavy atom. The Bertz CT molecular complexity index is 1950. The molecule has 45 heavy (non-hydrogen) atoms. The highest BCUT2D eigenvalue weighted by Gasteiger charge is 2.22. The van der Waals surface area contributed by atoms with Crippen LogP contribution in [-0.2, 0) is 28.3 Å². The van der Waals surface area contributed by atoms with E-state index in [4.69, 9.17) is 4.74 Å². The van der Waals surface area contributed by atoms with E-state index in [1.807, 2.05) is 75.5 Å². The zero-order chi connectivity index (χ0) is 32.2. The number of hydrogen-bond donors (Lipinski definition) is 3. The molecule has 0 spiro atoms. The number of pyridine rings is 1. The number of carbonyl (C=O) groups excluding carboxylic acids is 1. The minimum atomic E-state index is -3.59. The van der Waals surface area contributed by atoms with Crippen LogP contribution in [0.1, 0.15) is 37.5 Å². The van der Waals surface area contributed by atoms with E-state index in [1.165, 1.54) is 18.2 Å². The fourth-order valence-electron chi connectivity index (χ4n) is 5.29. The molecule has 0 unspecified atom stereocenters. The molecule has 3 N–H and O–H groups in total. The van der Waals surface area contributed by atoms with Crippen molar-refractivity contribution >= 4 is 43.9 Å². The van der Waals surface area contributed by atoms with Gasteiger partial charge in [0.05, 0.1) is 36.1 Å². The summed E-state index contributed by atoms with van der Waals surface area (Å²) in [7, 11) is -2.16. The van der Waals surface area contributed by atoms with Gasteiger partial charge in [-0.3, -0.25) is 9.71 Å². The first-order valence-electron chi connectivity index (χ1n) is 14.7. The van der Waals surface area contributed by atoms with Crippen LogP contribution in [0.25, 0.3) is 22.0 Å². The Labute approximate surface area is 264 Å². The van der Waals surface area contributed by atoms with E-state index >= 15 is 0 Å². The van der Waals surface area contributed by atoms with Gasteiger partial charge in [-0.05, 0) is 70.7 Å². The van der Waals surface area contributed by atoms with Crippen molar-refractivity contribution in [1.29, 1.82) is 0 Å². The Balaban J connectivity index is 1.38. The van der Waals surface area contributed by atoms with E-state index in [-0.39, 0.29) is 16.9 Å². The van der Waals surface area contributed by atoms with Gasteiger partial charge in [-0.25, -0.2) is 13.2 Å². The molecule has 9 heteroatoms. The summed E-state index contributed by atoms with van der Waals surface area (Å²) in [5.74, 6) is 0.218. The predicted octanol–water partition coefficient (Wildman–Crippen LogP) is 8.01. The van der Waals surface area contributed by atoms with Crippen LogP contribution in [0.5, 0.6) is 5.75 Å². The van der Waals surface area contributed by atoms with Crippen LogP contribution in [0.15, 0.2) is 97.2 Å². The molecule has 0 radical (unpaired) electrons. The fourth-order valence-corrected chi connectivity index (χ4v) is 5.84. The highest BCUT2D eigenvalue weighted by atomic mass is 32.2. The van der Waals surface area contributed by atoms with E-state index in [9.17, 15) is 13.2 Å². The van der Waals surface area contributed by atoms with Crippen molar-refractivity contribution in [3.05, 3.63) is 114 Å². The lowest BCUT2D eigenvalue weighted by atomic mass is 9.86. The molecule has 1 aromatic heterocycles. The monoisotopic (exact) mass is 622 g/mol. The number of nitrogens with one attached hydrogen (secondary N) is 3. The number of urea groups is 1. The van der Waals surface area contributed by atoms with Crippen molar-refractivity contribution in [2.45, 2.75) is 39.0 Å². The number of ether oxygens (including phenoxy) is 1. The quantitative estimate of drug-likeness (QED) is 0.154. The topological polar surface area (TPSA) is 109 Å². The number of carbonyl (C=O) groups is 1. The second-order valence-electron chi connectivity index (χ2n) is 12.0. The number of rotatable bonds is 9. The maximum absolute atomic E-state index is 13.4. The van der Waals surface area contributed by atoms with Gasteiger partial charge < -0.3 is 15.4 Å². The van der Waals surface area contributed by atoms with Crippen molar-refractivity contribution in [1.82, 2.24) is 4.98 Å². The average molecular weight is 623 g/mol. The lowest BCUT2D eigenvalue weighted by Crippen LogP contribution is -2.22. The molecule has 0 bridgehead atoms. The molecule has 0 aliphatic rings. The third-order valence-electron chi connectivity index (χ3n) is 7.54. The van der Waals surface area contributed by atoms with E-state index in [1.54, 1.807) is 12.1 Å². The number of methoxy groups -OCH3 is 1. The van der Waals surface area contributed by atoms with Gasteiger partial charge in [-0.15, -0.1) is 0 Å². The highest BCUT2D eigenvalue weighted by molar-refractivity contribution is 7.92. The minimum absolute atomic E-state index is 0.218. The zero-order valence-electron chi connectivity index (χ0n) is 26.1. The summed E-state index contributed by atoms with van der Waals surface area (Å²) in [6.07, 6.45) is 4.59. The van der Waals surface area contributed by atoms with Gasteiger partial charge in [0, 0.05) is 17.1 Å². The standard InChI is InChI=1S/C36H38N4O4S/c1-36(2,3)27-22-32(34(44-4)33(23-27)40-45(5,42)43)39-35(41)38-30-18-17-25(28-13-9-10-14-29(28)30)16-15-24-19-20-37-31(21-24)26-11-7-6-8-12-26/h6-14,17-23,40H,15-16H2,1-5H3,(H2,38,39,41). The van der Waals surface area contributed by atoms with Crippen LogP contribution in [0, 0.1) is 0 Å². The second kappa shape index (κ2) is 13.0. The van der Waals surface area contributed by atoms with Crippen LogP contribution in [0.3, 0.4) is 0 Å². The Morgan fingerprint density at radius 2 is 1.47 bits per heavy atom. The number of sulfonamides is 1. The molecule has 232 valence electrons. The summed E-state index contributed by atoms with van der Waals surface area (Å²) in [6, 6.07) is 29.3. The molecule has 5 rings (SSSR count). The van der Waals surface area contributed by atoms with E-state index in [0.717, 1.165) is 46.7 Å². The summed E-state index contributed by atoms with van der Waals surface area (Å²) in [5, 5.41) is 7.83. The van der Waals surface area contributed by atoms with Crippen molar-refractivity contribution in [2.24, 2.45) is 0 Å². The van der Waals surface area contributed by atoms with Crippen LogP contribution in [0.4, 0.5) is 21.9 Å². The molecule has 8 nitrogen and oxygen atoms in total. The second-order valence-corrected chi connectivity index (χ2v) is 13.8. The van der Waals surface area contributed by atoms with Crippen molar-refractivity contribution in [2.75, 3.05) is 28.7 Å². The third-order valence-corrected chi connectivity index (χ3v) is 8.13. The van der Waals surface area contributed by atoms with Gasteiger partial charge in [-0.2, -0.15) is 0 Å². The Morgan fingerprint density at radius 3 is 2.16 bits per heavy atom. The van der Waals surface area contributed by atoms with Gasteiger partial charge in [0.1, 0.15) is 0 Å². The van der Waals surface area contributed by atoms with Crippen molar-refractivity contribution in [3.63, 3.8) is 0 Å².